The van der Waals surface area contributed by atoms with Crippen LogP contribution in [0, 0.1) is 13.8 Å². The minimum absolute atomic E-state index is 0.529. The lowest BCUT2D eigenvalue weighted by atomic mass is 10.1. The average molecular weight is 236 g/mol. The standard InChI is InChI=1S/C12H14ClN3/c1-8-3-4-10(6-14)5-12(8)16-7-11(13)9(2)15-16/h3-5,7H,6,14H2,1-2H3. The summed E-state index contributed by atoms with van der Waals surface area (Å²) in [5, 5.41) is 5.04. The summed E-state index contributed by atoms with van der Waals surface area (Å²) in [5.74, 6) is 0. The van der Waals surface area contributed by atoms with Gasteiger partial charge < -0.3 is 5.73 Å². The number of aromatic nitrogens is 2. The van der Waals surface area contributed by atoms with E-state index < -0.39 is 0 Å². The van der Waals surface area contributed by atoms with Gasteiger partial charge in [-0.05, 0) is 31.0 Å². The molecule has 1 aromatic heterocycles. The lowest BCUT2D eigenvalue weighted by Crippen LogP contribution is -2.02. The fourth-order valence-corrected chi connectivity index (χ4v) is 1.72. The molecule has 0 saturated heterocycles. The van der Waals surface area contributed by atoms with Gasteiger partial charge in [0.2, 0.25) is 0 Å². The predicted octanol–water partition coefficient (Wildman–Crippen LogP) is 2.60. The van der Waals surface area contributed by atoms with Gasteiger partial charge in [-0.3, -0.25) is 0 Å². The van der Waals surface area contributed by atoms with E-state index in [-0.39, 0.29) is 0 Å². The Morgan fingerprint density at radius 3 is 2.69 bits per heavy atom. The molecule has 0 radical (unpaired) electrons. The van der Waals surface area contributed by atoms with Crippen LogP contribution >= 0.6 is 11.6 Å². The molecule has 2 N–H and O–H groups in total. The number of nitrogens with two attached hydrogens (primary N) is 1. The summed E-state index contributed by atoms with van der Waals surface area (Å²) in [6, 6.07) is 6.11. The van der Waals surface area contributed by atoms with Crippen LogP contribution in [0.4, 0.5) is 0 Å². The molecular weight excluding hydrogens is 222 g/mol. The van der Waals surface area contributed by atoms with Gasteiger partial charge in [0.05, 0.1) is 16.4 Å². The first-order chi connectivity index (χ1) is 7.61. The zero-order valence-electron chi connectivity index (χ0n) is 9.37. The van der Waals surface area contributed by atoms with E-state index in [2.05, 4.69) is 5.10 Å². The van der Waals surface area contributed by atoms with Crippen molar-refractivity contribution in [3.63, 3.8) is 0 Å². The van der Waals surface area contributed by atoms with E-state index in [1.54, 1.807) is 4.68 Å². The summed E-state index contributed by atoms with van der Waals surface area (Å²) in [7, 11) is 0. The van der Waals surface area contributed by atoms with Gasteiger partial charge in [0.1, 0.15) is 0 Å². The van der Waals surface area contributed by atoms with Crippen LogP contribution in [0.15, 0.2) is 24.4 Å². The van der Waals surface area contributed by atoms with Gasteiger partial charge >= 0.3 is 0 Å². The summed E-state index contributed by atoms with van der Waals surface area (Å²) in [6.45, 7) is 4.46. The number of halogens is 1. The molecule has 16 heavy (non-hydrogen) atoms. The van der Waals surface area contributed by atoms with Gasteiger partial charge in [-0.2, -0.15) is 5.10 Å². The summed E-state index contributed by atoms with van der Waals surface area (Å²) in [5.41, 5.74) is 9.72. The minimum atomic E-state index is 0.529. The second-order valence-electron chi connectivity index (χ2n) is 3.83. The number of hydrogen-bond donors (Lipinski definition) is 1. The Morgan fingerprint density at radius 2 is 2.12 bits per heavy atom. The van der Waals surface area contributed by atoms with Gasteiger partial charge in [0, 0.05) is 12.7 Å². The summed E-state index contributed by atoms with van der Waals surface area (Å²) >= 11 is 6.00. The van der Waals surface area contributed by atoms with Crippen LogP contribution in [0.2, 0.25) is 5.02 Å². The van der Waals surface area contributed by atoms with Crippen molar-refractivity contribution in [1.29, 1.82) is 0 Å². The van der Waals surface area contributed by atoms with Crippen molar-refractivity contribution >= 4 is 11.6 Å². The van der Waals surface area contributed by atoms with Gasteiger partial charge in [-0.15, -0.1) is 0 Å². The van der Waals surface area contributed by atoms with E-state index in [9.17, 15) is 0 Å². The van der Waals surface area contributed by atoms with Crippen LogP contribution in [-0.2, 0) is 6.54 Å². The molecule has 0 aliphatic heterocycles. The molecule has 1 heterocycles. The number of nitrogens with zero attached hydrogens (tertiary/aromatic N) is 2. The zero-order chi connectivity index (χ0) is 11.7. The van der Waals surface area contributed by atoms with Crippen LogP contribution in [0.5, 0.6) is 0 Å². The largest absolute Gasteiger partial charge is 0.326 e. The topological polar surface area (TPSA) is 43.8 Å². The molecular formula is C12H14ClN3. The second kappa shape index (κ2) is 4.28. The van der Waals surface area contributed by atoms with Crippen LogP contribution in [0.1, 0.15) is 16.8 Å². The maximum Gasteiger partial charge on any atom is 0.0819 e. The Labute approximate surface area is 99.8 Å². The Hall–Kier alpha value is -1.32. The number of rotatable bonds is 2. The first-order valence-electron chi connectivity index (χ1n) is 5.13. The van der Waals surface area contributed by atoms with Crippen LogP contribution in [0.25, 0.3) is 5.69 Å². The van der Waals surface area contributed by atoms with Crippen LogP contribution in [-0.4, -0.2) is 9.78 Å². The van der Waals surface area contributed by atoms with Gasteiger partial charge in [-0.1, -0.05) is 23.7 Å². The van der Waals surface area contributed by atoms with Crippen molar-refractivity contribution in [3.05, 3.63) is 46.2 Å². The van der Waals surface area contributed by atoms with Gasteiger partial charge in [-0.25, -0.2) is 4.68 Å². The molecule has 4 heteroatoms. The fraction of sp³-hybridized carbons (Fsp3) is 0.250. The molecule has 0 saturated carbocycles. The number of aryl methyl sites for hydroxylation is 2. The molecule has 2 aromatic rings. The summed E-state index contributed by atoms with van der Waals surface area (Å²) in [4.78, 5) is 0. The second-order valence-corrected chi connectivity index (χ2v) is 4.24. The van der Waals surface area contributed by atoms with E-state index in [4.69, 9.17) is 17.3 Å². The lowest BCUT2D eigenvalue weighted by molar-refractivity contribution is 0.852. The van der Waals surface area contributed by atoms with E-state index in [0.717, 1.165) is 22.5 Å². The molecule has 0 bridgehead atoms. The average Bonchev–Trinajstić information content (AvgIpc) is 2.60. The molecule has 3 nitrogen and oxygen atoms in total. The normalized spacial score (nSPS) is 10.8. The Balaban J connectivity index is 2.54. The maximum atomic E-state index is 6.00. The number of hydrogen-bond acceptors (Lipinski definition) is 2. The quantitative estimate of drug-likeness (QED) is 0.870. The number of benzene rings is 1. The van der Waals surface area contributed by atoms with E-state index in [1.807, 2.05) is 38.2 Å². The third-order valence-electron chi connectivity index (χ3n) is 2.60. The van der Waals surface area contributed by atoms with E-state index >= 15 is 0 Å². The zero-order valence-corrected chi connectivity index (χ0v) is 10.1. The molecule has 0 atom stereocenters. The molecule has 0 fully saturated rings. The fourth-order valence-electron chi connectivity index (χ4n) is 1.59. The van der Waals surface area contributed by atoms with Crippen molar-refractivity contribution in [3.8, 4) is 5.69 Å². The van der Waals surface area contributed by atoms with E-state index in [0.29, 0.717) is 11.6 Å². The predicted molar refractivity (Wildman–Crippen MR) is 65.9 cm³/mol. The third-order valence-corrected chi connectivity index (χ3v) is 2.97. The maximum absolute atomic E-state index is 6.00. The first kappa shape index (κ1) is 11.2. The Kier molecular flexibility index (Phi) is 2.99. The molecule has 1 aromatic carbocycles. The highest BCUT2D eigenvalue weighted by atomic mass is 35.5. The highest BCUT2D eigenvalue weighted by molar-refractivity contribution is 6.31. The van der Waals surface area contributed by atoms with Crippen molar-refractivity contribution < 1.29 is 0 Å². The lowest BCUT2D eigenvalue weighted by Gasteiger charge is -2.07. The summed E-state index contributed by atoms with van der Waals surface area (Å²) < 4.78 is 1.80. The minimum Gasteiger partial charge on any atom is -0.326 e. The van der Waals surface area contributed by atoms with Gasteiger partial charge in [0.25, 0.3) is 0 Å². The monoisotopic (exact) mass is 235 g/mol. The molecule has 2 rings (SSSR count). The highest BCUT2D eigenvalue weighted by Gasteiger charge is 2.06. The van der Waals surface area contributed by atoms with Gasteiger partial charge in [0.15, 0.2) is 0 Å². The SMILES string of the molecule is Cc1ccc(CN)cc1-n1cc(Cl)c(C)n1. The van der Waals surface area contributed by atoms with Crippen molar-refractivity contribution in [1.82, 2.24) is 9.78 Å². The van der Waals surface area contributed by atoms with E-state index in [1.165, 1.54) is 0 Å². The van der Waals surface area contributed by atoms with Crippen molar-refractivity contribution in [2.24, 2.45) is 5.73 Å². The third kappa shape index (κ3) is 1.96. The molecule has 0 amide bonds. The van der Waals surface area contributed by atoms with Crippen LogP contribution in [0.3, 0.4) is 0 Å². The Bertz CT molecular complexity index is 497. The molecule has 0 aliphatic carbocycles. The highest BCUT2D eigenvalue weighted by Crippen LogP contribution is 2.19. The summed E-state index contributed by atoms with van der Waals surface area (Å²) in [6.07, 6.45) is 1.82. The molecule has 84 valence electrons. The smallest absolute Gasteiger partial charge is 0.0819 e. The molecule has 0 aliphatic rings. The first-order valence-corrected chi connectivity index (χ1v) is 5.51. The molecule has 0 unspecified atom stereocenters. The molecule has 0 spiro atoms. The van der Waals surface area contributed by atoms with Crippen molar-refractivity contribution in [2.45, 2.75) is 20.4 Å². The van der Waals surface area contributed by atoms with Crippen LogP contribution < -0.4 is 5.73 Å². The van der Waals surface area contributed by atoms with Crippen molar-refractivity contribution in [2.75, 3.05) is 0 Å². The Morgan fingerprint density at radius 1 is 1.38 bits per heavy atom.